The topological polar surface area (TPSA) is 0 Å². The zero-order chi connectivity index (χ0) is 2.00. The molecule has 0 aliphatic carbocycles. The van der Waals surface area contributed by atoms with Gasteiger partial charge in [0.25, 0.3) is 0 Å². The minimum Gasteiger partial charge on any atom is 0 e. The van der Waals surface area contributed by atoms with Gasteiger partial charge in [0.1, 0.15) is 0 Å². The van der Waals surface area contributed by atoms with Crippen molar-refractivity contribution in [1.29, 1.82) is 0 Å². The predicted molar refractivity (Wildman–Crippen MR) is 16.9 cm³/mol. The summed E-state index contributed by atoms with van der Waals surface area (Å²) in [6, 6.07) is 0. The fraction of sp³-hybridized carbons (Fsp3) is 0. The molecule has 0 saturated carbocycles. The summed E-state index contributed by atoms with van der Waals surface area (Å²) in [5, 5.41) is 0. The molecule has 0 bridgehead atoms. The number of hydrogen-bond acceptors (Lipinski definition) is 0. The summed E-state index contributed by atoms with van der Waals surface area (Å²) in [5.41, 5.74) is 0. The number of hydrogen-bond donors (Lipinski definition) is 0. The third kappa shape index (κ3) is 8.99. The van der Waals surface area contributed by atoms with E-state index >= 15 is 0 Å². The second-order valence-corrected chi connectivity index (χ2v) is 0. The van der Waals surface area contributed by atoms with Crippen molar-refractivity contribution in [1.82, 2.24) is 0 Å². The fourth-order valence-corrected chi connectivity index (χ4v) is 0. The van der Waals surface area contributed by atoms with Crippen LogP contribution in [0.15, 0.2) is 0 Å². The minimum atomic E-state index is 0. The van der Waals surface area contributed by atoms with Crippen molar-refractivity contribution in [3.63, 3.8) is 0 Å². The van der Waals surface area contributed by atoms with E-state index in [0.29, 0.717) is 0 Å². The first-order valence-corrected chi connectivity index (χ1v) is 2.52. The summed E-state index contributed by atoms with van der Waals surface area (Å²) >= 11 is 3.17. The van der Waals surface area contributed by atoms with Crippen LogP contribution in [0.3, 0.4) is 0 Å². The first kappa shape index (κ1) is 15.7. The molecule has 0 amide bonds. The Morgan fingerprint density at radius 2 is 1.25 bits per heavy atom. The molecule has 0 N–H and O–H groups in total. The molecule has 4 heavy (non-hydrogen) atoms. The molecule has 1 unspecified atom stereocenters. The minimum absolute atomic E-state index is 0. The van der Waals surface area contributed by atoms with Gasteiger partial charge in [0.15, 0.2) is 0 Å². The van der Waals surface area contributed by atoms with Crippen molar-refractivity contribution in [2.75, 3.05) is 0 Å². The SMILES string of the molecule is [NaH].[PH2][Fe].[Th]. The maximum Gasteiger partial charge on any atom is 0 e. The zero-order valence-corrected chi connectivity index (χ0v) is 7.80. The van der Waals surface area contributed by atoms with Gasteiger partial charge in [-0.2, -0.15) is 0 Å². The Labute approximate surface area is 90.8 Å². The molecule has 0 saturated heterocycles. The summed E-state index contributed by atoms with van der Waals surface area (Å²) in [4.78, 5) is 0. The normalized spacial score (nSPS) is 1.50. The molecule has 0 rings (SSSR count). The molecular formula is H3FeNaPTh. The van der Waals surface area contributed by atoms with Gasteiger partial charge in [0, 0.05) is 39.9 Å². The van der Waals surface area contributed by atoms with Gasteiger partial charge < -0.3 is 0 Å². The van der Waals surface area contributed by atoms with E-state index in [9.17, 15) is 0 Å². The molecule has 1 atom stereocenters. The van der Waals surface area contributed by atoms with E-state index in [1.165, 1.54) is 0 Å². The molecule has 0 heterocycles. The van der Waals surface area contributed by atoms with Crippen molar-refractivity contribution in [3.8, 4) is 0 Å². The van der Waals surface area contributed by atoms with Crippen molar-refractivity contribution in [2.24, 2.45) is 0 Å². The van der Waals surface area contributed by atoms with Gasteiger partial charge in [-0.3, -0.25) is 0 Å². The Morgan fingerprint density at radius 3 is 1.25 bits per heavy atom. The maximum absolute atomic E-state index is 3.17. The smallest absolute Gasteiger partial charge is 0 e. The standard InChI is InChI=1S/Fe.Na.H2P.Th.H/h;;1H2;;/q+1;;-1;;. The van der Waals surface area contributed by atoms with E-state index < -0.39 is 0 Å². The third-order valence-electron chi connectivity index (χ3n) is 0. The van der Waals surface area contributed by atoms with E-state index in [-0.39, 0.29) is 69.5 Å². The Hall–Kier alpha value is 3.27. The number of rotatable bonds is 0. The van der Waals surface area contributed by atoms with Crippen molar-refractivity contribution >= 4 is 37.5 Å². The van der Waals surface area contributed by atoms with Crippen molar-refractivity contribution < 1.29 is 55.5 Å². The van der Waals surface area contributed by atoms with Gasteiger partial charge in [0.05, 0.1) is 0 Å². The molecule has 0 aliphatic heterocycles. The van der Waals surface area contributed by atoms with Crippen LogP contribution in [0.4, 0.5) is 0 Å². The van der Waals surface area contributed by atoms with Crippen LogP contribution in [-0.4, -0.2) is 29.6 Å². The summed E-state index contributed by atoms with van der Waals surface area (Å²) in [6.45, 7) is 0. The van der Waals surface area contributed by atoms with E-state index in [0.717, 1.165) is 0 Å². The largest absolute Gasteiger partial charge is 0 e. The van der Waals surface area contributed by atoms with Crippen LogP contribution in [-0.2, 0) is 15.6 Å². The van der Waals surface area contributed by atoms with Gasteiger partial charge in [-0.1, -0.05) is 0 Å². The molecule has 0 aromatic carbocycles. The molecule has 0 spiro atoms. The summed E-state index contributed by atoms with van der Waals surface area (Å²) in [7, 11) is 2.17. The van der Waals surface area contributed by atoms with Crippen LogP contribution < -0.4 is 0 Å². The predicted octanol–water partition coefficient (Wildman–Crippen LogP) is -0.325. The molecule has 0 nitrogen and oxygen atoms in total. The van der Waals surface area contributed by atoms with Gasteiger partial charge in [-0.05, 0) is 0 Å². The van der Waals surface area contributed by atoms with Crippen LogP contribution in [0.5, 0.6) is 0 Å². The maximum atomic E-state index is 3.17. The summed E-state index contributed by atoms with van der Waals surface area (Å²) in [6.07, 6.45) is 0. The molecule has 0 radical (unpaired) electrons. The van der Waals surface area contributed by atoms with Gasteiger partial charge >= 0.3 is 53.1 Å². The van der Waals surface area contributed by atoms with Crippen LogP contribution in [0, 0.1) is 39.9 Å². The van der Waals surface area contributed by atoms with Crippen LogP contribution in [0.1, 0.15) is 0 Å². The Bertz CT molecular complexity index is 8.00. The first-order chi connectivity index (χ1) is 1.00. The monoisotopic (exact) mass is 345 g/mol. The van der Waals surface area contributed by atoms with Crippen LogP contribution >= 0.6 is 7.93 Å². The van der Waals surface area contributed by atoms with Crippen LogP contribution in [0.2, 0.25) is 0 Å². The summed E-state index contributed by atoms with van der Waals surface area (Å²) < 4.78 is 0. The van der Waals surface area contributed by atoms with Crippen LogP contribution in [0.25, 0.3) is 0 Å². The molecule has 21 valence electrons. The van der Waals surface area contributed by atoms with Gasteiger partial charge in [-0.25, -0.2) is 0 Å². The quantitative estimate of drug-likeness (QED) is 0.417. The molecule has 0 aromatic rings. The van der Waals surface area contributed by atoms with E-state index in [2.05, 4.69) is 23.5 Å². The second-order valence-electron chi connectivity index (χ2n) is 0. The van der Waals surface area contributed by atoms with E-state index in [1.54, 1.807) is 0 Å². The fourth-order valence-electron chi connectivity index (χ4n) is 0. The molecule has 0 aromatic heterocycles. The molecule has 0 fully saturated rings. The molecule has 4 heteroatoms. The Morgan fingerprint density at radius 1 is 1.25 bits per heavy atom. The van der Waals surface area contributed by atoms with E-state index in [1.807, 2.05) is 0 Å². The van der Waals surface area contributed by atoms with E-state index in [4.69, 9.17) is 0 Å². The van der Waals surface area contributed by atoms with Crippen molar-refractivity contribution in [2.45, 2.75) is 0 Å². The third-order valence-corrected chi connectivity index (χ3v) is 0. The van der Waals surface area contributed by atoms with Crippen molar-refractivity contribution in [3.05, 3.63) is 0 Å². The molecule has 0 aliphatic rings. The average molecular weight is 345 g/mol. The molecular weight excluding hydrogens is 342 g/mol. The summed E-state index contributed by atoms with van der Waals surface area (Å²) in [5.74, 6) is 0. The van der Waals surface area contributed by atoms with Gasteiger partial charge in [-0.15, -0.1) is 0 Å². The first-order valence-electron chi connectivity index (χ1n) is 0.204. The Kier molecular flexibility index (Phi) is 63.8. The average Bonchev–Trinajstić information content (AvgIpc) is 1.00. The zero-order valence-electron chi connectivity index (χ0n) is 1.43. The Balaban J connectivity index is -0.00000000500. The second kappa shape index (κ2) is 16.3. The van der Waals surface area contributed by atoms with Gasteiger partial charge in [0.2, 0.25) is 0 Å².